The van der Waals surface area contributed by atoms with Gasteiger partial charge in [-0.1, -0.05) is 6.92 Å². The van der Waals surface area contributed by atoms with E-state index < -0.39 is 0 Å². The van der Waals surface area contributed by atoms with Crippen LogP contribution in [0, 0.1) is 0 Å². The van der Waals surface area contributed by atoms with E-state index in [1.807, 2.05) is 18.6 Å². The second kappa shape index (κ2) is 5.16. The normalized spacial score (nSPS) is 14.9. The maximum atomic E-state index is 4.54. The van der Waals surface area contributed by atoms with Crippen LogP contribution in [-0.4, -0.2) is 16.0 Å². The van der Waals surface area contributed by atoms with Crippen LogP contribution in [0.25, 0.3) is 10.6 Å². The minimum Gasteiger partial charge on any atom is -0.309 e. The van der Waals surface area contributed by atoms with Gasteiger partial charge >= 0.3 is 0 Å². The van der Waals surface area contributed by atoms with Crippen molar-refractivity contribution in [3.8, 4) is 10.6 Å². The van der Waals surface area contributed by atoms with Crippen molar-refractivity contribution in [3.63, 3.8) is 0 Å². The summed E-state index contributed by atoms with van der Waals surface area (Å²) in [5, 5.41) is 4.64. The van der Waals surface area contributed by atoms with E-state index in [1.54, 1.807) is 11.3 Å². The van der Waals surface area contributed by atoms with E-state index in [-0.39, 0.29) is 0 Å². The Morgan fingerprint density at radius 3 is 3.06 bits per heavy atom. The molecule has 0 spiro atoms. The van der Waals surface area contributed by atoms with Gasteiger partial charge in [0.25, 0.3) is 0 Å². The molecule has 0 atom stereocenters. The van der Waals surface area contributed by atoms with E-state index in [0.717, 1.165) is 24.0 Å². The molecule has 2 aromatic rings. The van der Waals surface area contributed by atoms with Gasteiger partial charge in [0.15, 0.2) is 0 Å². The number of nitrogens with zero attached hydrogens (tertiary/aromatic N) is 2. The summed E-state index contributed by atoms with van der Waals surface area (Å²) in [6, 6.07) is 2.82. The van der Waals surface area contributed by atoms with Gasteiger partial charge in [0.1, 0.15) is 5.01 Å². The van der Waals surface area contributed by atoms with Crippen LogP contribution in [0.5, 0.6) is 0 Å². The summed E-state index contributed by atoms with van der Waals surface area (Å²) in [5.41, 5.74) is 2.50. The van der Waals surface area contributed by atoms with E-state index in [9.17, 15) is 0 Å². The Morgan fingerprint density at radius 2 is 2.28 bits per heavy atom. The van der Waals surface area contributed by atoms with Gasteiger partial charge in [-0.2, -0.15) is 0 Å². The molecular weight excluding hydrogens is 242 g/mol. The maximum Gasteiger partial charge on any atom is 0.123 e. The molecule has 1 fully saturated rings. The number of aryl methyl sites for hydroxylation is 1. The predicted molar refractivity (Wildman–Crippen MR) is 74.6 cm³/mol. The average molecular weight is 259 g/mol. The van der Waals surface area contributed by atoms with Crippen LogP contribution in [-0.2, 0) is 13.0 Å². The Morgan fingerprint density at radius 1 is 1.39 bits per heavy atom. The fraction of sp³-hybridized carbons (Fsp3) is 0.429. The molecule has 2 heterocycles. The number of rotatable bonds is 5. The molecule has 0 aliphatic heterocycles. The number of thiazole rings is 1. The second-order valence-electron chi connectivity index (χ2n) is 4.67. The molecule has 4 heteroatoms. The Balaban J connectivity index is 1.78. The van der Waals surface area contributed by atoms with Crippen LogP contribution in [0.2, 0.25) is 0 Å². The first-order valence-corrected chi connectivity index (χ1v) is 7.30. The van der Waals surface area contributed by atoms with Crippen LogP contribution in [0.4, 0.5) is 0 Å². The summed E-state index contributed by atoms with van der Waals surface area (Å²) in [7, 11) is 0. The standard InChI is InChI=1S/C14H17N3S/c1-2-10-7-15-6-5-13(10)14-17-9-12(18-14)8-16-11-3-4-11/h5-7,9,11,16H,2-4,8H2,1H3. The Labute approximate surface area is 111 Å². The summed E-state index contributed by atoms with van der Waals surface area (Å²) >= 11 is 1.78. The Bertz CT molecular complexity index is 531. The quantitative estimate of drug-likeness (QED) is 0.897. The number of nitrogens with one attached hydrogen (secondary N) is 1. The van der Waals surface area contributed by atoms with Crippen molar-refractivity contribution in [2.45, 2.75) is 38.8 Å². The second-order valence-corrected chi connectivity index (χ2v) is 5.79. The van der Waals surface area contributed by atoms with Crippen molar-refractivity contribution in [3.05, 3.63) is 35.1 Å². The zero-order valence-corrected chi connectivity index (χ0v) is 11.3. The number of hydrogen-bond donors (Lipinski definition) is 1. The highest BCUT2D eigenvalue weighted by Crippen LogP contribution is 2.28. The molecule has 0 saturated heterocycles. The van der Waals surface area contributed by atoms with E-state index in [1.165, 1.54) is 28.8 Å². The van der Waals surface area contributed by atoms with E-state index in [2.05, 4.69) is 28.3 Å². The lowest BCUT2D eigenvalue weighted by molar-refractivity contribution is 0.694. The first-order valence-electron chi connectivity index (χ1n) is 6.48. The first kappa shape index (κ1) is 11.8. The van der Waals surface area contributed by atoms with Gasteiger partial charge in [-0.15, -0.1) is 11.3 Å². The van der Waals surface area contributed by atoms with Gasteiger partial charge in [0.2, 0.25) is 0 Å². The molecule has 0 radical (unpaired) electrons. The molecule has 1 aliphatic rings. The highest BCUT2D eigenvalue weighted by atomic mass is 32.1. The van der Waals surface area contributed by atoms with Gasteiger partial charge in [-0.05, 0) is 30.9 Å². The van der Waals surface area contributed by atoms with Crippen LogP contribution < -0.4 is 5.32 Å². The molecule has 18 heavy (non-hydrogen) atoms. The zero-order valence-electron chi connectivity index (χ0n) is 10.5. The summed E-state index contributed by atoms with van der Waals surface area (Å²) in [5.74, 6) is 0. The number of aromatic nitrogens is 2. The molecule has 3 nitrogen and oxygen atoms in total. The highest BCUT2D eigenvalue weighted by molar-refractivity contribution is 7.15. The summed E-state index contributed by atoms with van der Waals surface area (Å²) in [6.45, 7) is 3.11. The first-order chi connectivity index (χ1) is 8.86. The van der Waals surface area contributed by atoms with Crippen LogP contribution >= 0.6 is 11.3 Å². The van der Waals surface area contributed by atoms with Gasteiger partial charge in [-0.25, -0.2) is 4.98 Å². The molecule has 0 aromatic carbocycles. The average Bonchev–Trinajstić information content (AvgIpc) is 3.13. The molecule has 1 N–H and O–H groups in total. The molecule has 1 aliphatic carbocycles. The van der Waals surface area contributed by atoms with Crippen molar-refractivity contribution in [2.75, 3.05) is 0 Å². The minimum atomic E-state index is 0.752. The van der Waals surface area contributed by atoms with E-state index >= 15 is 0 Å². The van der Waals surface area contributed by atoms with Crippen molar-refractivity contribution in [1.29, 1.82) is 0 Å². The molecule has 0 unspecified atom stereocenters. The lowest BCUT2D eigenvalue weighted by atomic mass is 10.1. The van der Waals surface area contributed by atoms with Gasteiger partial charge < -0.3 is 5.32 Å². The van der Waals surface area contributed by atoms with Crippen LogP contribution in [0.1, 0.15) is 30.2 Å². The van der Waals surface area contributed by atoms with E-state index in [0.29, 0.717) is 0 Å². The molecule has 2 aromatic heterocycles. The maximum absolute atomic E-state index is 4.54. The zero-order chi connectivity index (χ0) is 12.4. The van der Waals surface area contributed by atoms with Crippen LogP contribution in [0.15, 0.2) is 24.7 Å². The highest BCUT2D eigenvalue weighted by Gasteiger charge is 2.20. The summed E-state index contributed by atoms with van der Waals surface area (Å²) in [4.78, 5) is 10.0. The number of hydrogen-bond acceptors (Lipinski definition) is 4. The van der Waals surface area contributed by atoms with Crippen LogP contribution in [0.3, 0.4) is 0 Å². The summed E-state index contributed by atoms with van der Waals surface area (Å²) < 4.78 is 0. The fourth-order valence-electron chi connectivity index (χ4n) is 1.96. The van der Waals surface area contributed by atoms with Crippen molar-refractivity contribution >= 4 is 11.3 Å². The largest absolute Gasteiger partial charge is 0.309 e. The minimum absolute atomic E-state index is 0.752. The fourth-order valence-corrected chi connectivity index (χ4v) is 2.89. The molecule has 0 bridgehead atoms. The number of pyridine rings is 1. The van der Waals surface area contributed by atoms with Crippen molar-refractivity contribution < 1.29 is 0 Å². The monoisotopic (exact) mass is 259 g/mol. The summed E-state index contributed by atoms with van der Waals surface area (Å²) in [6.07, 6.45) is 9.44. The smallest absolute Gasteiger partial charge is 0.123 e. The molecule has 3 rings (SSSR count). The topological polar surface area (TPSA) is 37.8 Å². The molecular formula is C14H17N3S. The van der Waals surface area contributed by atoms with Crippen molar-refractivity contribution in [2.24, 2.45) is 0 Å². The van der Waals surface area contributed by atoms with Crippen molar-refractivity contribution in [1.82, 2.24) is 15.3 Å². The lowest BCUT2D eigenvalue weighted by Gasteiger charge is -2.02. The lowest BCUT2D eigenvalue weighted by Crippen LogP contribution is -2.14. The molecule has 1 saturated carbocycles. The van der Waals surface area contributed by atoms with Gasteiger partial charge in [0, 0.05) is 41.6 Å². The Hall–Kier alpha value is -1.26. The van der Waals surface area contributed by atoms with E-state index in [4.69, 9.17) is 0 Å². The third-order valence-corrected chi connectivity index (χ3v) is 4.24. The third-order valence-electron chi connectivity index (χ3n) is 3.21. The Kier molecular flexibility index (Phi) is 3.39. The predicted octanol–water partition coefficient (Wildman–Crippen LogP) is 3.02. The third kappa shape index (κ3) is 2.60. The SMILES string of the molecule is CCc1cnccc1-c1ncc(CNC2CC2)s1. The molecule has 0 amide bonds. The molecule has 94 valence electrons. The van der Waals surface area contributed by atoms with Gasteiger partial charge in [0.05, 0.1) is 0 Å². The van der Waals surface area contributed by atoms with Gasteiger partial charge in [-0.3, -0.25) is 4.98 Å².